The molecule has 2 amide bonds. The Morgan fingerprint density at radius 3 is 3.00 bits per heavy atom. The van der Waals surface area contributed by atoms with Crippen LogP contribution in [0.2, 0.25) is 0 Å². The summed E-state index contributed by atoms with van der Waals surface area (Å²) in [6.07, 6.45) is 6.33. The number of rotatable bonds is 4. The molecule has 0 aliphatic carbocycles. The smallest absolute Gasteiger partial charge is 0.245 e. The molecular weight excluding hydrogens is 302 g/mol. The van der Waals surface area contributed by atoms with Crippen molar-refractivity contribution in [3.05, 3.63) is 29.5 Å². The third kappa shape index (κ3) is 2.74. The molecule has 0 bridgehead atoms. The van der Waals surface area contributed by atoms with Crippen molar-refractivity contribution in [1.82, 2.24) is 24.6 Å². The van der Waals surface area contributed by atoms with E-state index in [2.05, 4.69) is 10.1 Å². The number of amides is 2. The van der Waals surface area contributed by atoms with Crippen molar-refractivity contribution in [2.75, 3.05) is 14.1 Å². The summed E-state index contributed by atoms with van der Waals surface area (Å²) in [5.41, 5.74) is 0. The number of hydrogen-bond acceptors (Lipinski definition) is 5. The molecule has 7 nitrogen and oxygen atoms in total. The number of likely N-dealkylation sites (tertiary alicyclic amines) is 1. The highest BCUT2D eigenvalue weighted by atomic mass is 32.1. The Balaban J connectivity index is 1.65. The third-order valence-corrected chi connectivity index (χ3v) is 4.76. The van der Waals surface area contributed by atoms with E-state index in [1.807, 2.05) is 12.3 Å². The zero-order valence-electron chi connectivity index (χ0n) is 12.5. The van der Waals surface area contributed by atoms with E-state index < -0.39 is 0 Å². The van der Waals surface area contributed by atoms with Crippen LogP contribution < -0.4 is 0 Å². The van der Waals surface area contributed by atoms with Gasteiger partial charge in [0.15, 0.2) is 0 Å². The van der Waals surface area contributed by atoms with Gasteiger partial charge in [-0.15, -0.1) is 0 Å². The Kier molecular flexibility index (Phi) is 3.93. The minimum absolute atomic E-state index is 0.0256. The Morgan fingerprint density at radius 1 is 1.55 bits per heavy atom. The average Bonchev–Trinajstić information content (AvgIpc) is 3.21. The van der Waals surface area contributed by atoms with Crippen LogP contribution in [-0.2, 0) is 16.1 Å². The zero-order valence-corrected chi connectivity index (χ0v) is 13.3. The lowest BCUT2D eigenvalue weighted by Crippen LogP contribution is -2.43. The normalized spacial score (nSPS) is 18.0. The van der Waals surface area contributed by atoms with Crippen molar-refractivity contribution in [2.45, 2.75) is 25.4 Å². The summed E-state index contributed by atoms with van der Waals surface area (Å²) in [5, 5.41) is 4.91. The van der Waals surface area contributed by atoms with Crippen molar-refractivity contribution < 1.29 is 9.59 Å². The van der Waals surface area contributed by atoms with Crippen molar-refractivity contribution in [2.24, 2.45) is 0 Å². The molecule has 1 atom stereocenters. The van der Waals surface area contributed by atoms with E-state index >= 15 is 0 Å². The van der Waals surface area contributed by atoms with Gasteiger partial charge in [0.1, 0.15) is 6.04 Å². The molecule has 22 heavy (non-hydrogen) atoms. The molecule has 2 aromatic heterocycles. The van der Waals surface area contributed by atoms with Crippen LogP contribution in [0, 0.1) is 0 Å². The van der Waals surface area contributed by atoms with E-state index in [-0.39, 0.29) is 17.9 Å². The lowest BCUT2D eigenvalue weighted by Gasteiger charge is -2.24. The van der Waals surface area contributed by atoms with Crippen molar-refractivity contribution >= 4 is 23.2 Å². The summed E-state index contributed by atoms with van der Waals surface area (Å²) >= 11 is 1.50. The van der Waals surface area contributed by atoms with Crippen LogP contribution in [0.1, 0.15) is 17.7 Å². The zero-order chi connectivity index (χ0) is 15.7. The van der Waals surface area contributed by atoms with Gasteiger partial charge in [0.2, 0.25) is 16.9 Å². The maximum Gasteiger partial charge on any atom is 0.245 e. The summed E-state index contributed by atoms with van der Waals surface area (Å²) in [5.74, 6) is 0.00731. The van der Waals surface area contributed by atoms with E-state index in [9.17, 15) is 9.59 Å². The largest absolute Gasteiger partial charge is 0.339 e. The van der Waals surface area contributed by atoms with Gasteiger partial charge >= 0.3 is 0 Å². The first kappa shape index (κ1) is 14.7. The summed E-state index contributed by atoms with van der Waals surface area (Å²) in [6, 6.07) is 1.50. The first-order valence-corrected chi connectivity index (χ1v) is 7.83. The number of carbonyl (C=O) groups is 2. The van der Waals surface area contributed by atoms with Gasteiger partial charge in [-0.3, -0.25) is 9.59 Å². The van der Waals surface area contributed by atoms with Gasteiger partial charge in [-0.2, -0.15) is 5.10 Å². The summed E-state index contributed by atoms with van der Waals surface area (Å²) < 4.78 is 1.69. The molecule has 0 N–H and O–H groups in total. The number of hydrogen-bond donors (Lipinski definition) is 0. The van der Waals surface area contributed by atoms with E-state index in [4.69, 9.17) is 0 Å². The molecule has 1 aliphatic rings. The van der Waals surface area contributed by atoms with E-state index in [0.29, 0.717) is 19.4 Å². The van der Waals surface area contributed by atoms with Gasteiger partial charge in [-0.05, 0) is 12.5 Å². The topological polar surface area (TPSA) is 71.3 Å². The molecule has 116 valence electrons. The lowest BCUT2D eigenvalue weighted by atomic mass is 10.2. The molecule has 0 radical (unpaired) electrons. The van der Waals surface area contributed by atoms with Crippen LogP contribution in [-0.4, -0.2) is 56.5 Å². The maximum absolute atomic E-state index is 12.4. The molecule has 0 aromatic carbocycles. The van der Waals surface area contributed by atoms with Crippen molar-refractivity contribution in [3.8, 4) is 5.13 Å². The maximum atomic E-state index is 12.4. The van der Waals surface area contributed by atoms with Crippen LogP contribution in [0.3, 0.4) is 0 Å². The number of likely N-dealkylation sites (N-methyl/N-ethyl adjacent to an activating group) is 2. The van der Waals surface area contributed by atoms with Gasteiger partial charge < -0.3 is 9.80 Å². The quantitative estimate of drug-likeness (QED) is 0.840. The van der Waals surface area contributed by atoms with Crippen LogP contribution in [0.5, 0.6) is 0 Å². The van der Waals surface area contributed by atoms with Crippen LogP contribution >= 0.6 is 11.3 Å². The van der Waals surface area contributed by atoms with Crippen molar-refractivity contribution in [3.63, 3.8) is 0 Å². The SMILES string of the molecule is CN(Cc1cnc(-n2cccn2)s1)C(=O)[C@H]1CCC(=O)N1C. The highest BCUT2D eigenvalue weighted by Crippen LogP contribution is 2.21. The van der Waals surface area contributed by atoms with Crippen LogP contribution in [0.15, 0.2) is 24.7 Å². The highest BCUT2D eigenvalue weighted by Gasteiger charge is 2.34. The lowest BCUT2D eigenvalue weighted by molar-refractivity contribution is -0.139. The minimum atomic E-state index is -0.337. The fourth-order valence-corrected chi connectivity index (χ4v) is 3.42. The van der Waals surface area contributed by atoms with Gasteiger partial charge in [0, 0.05) is 44.0 Å². The van der Waals surface area contributed by atoms with Gasteiger partial charge in [-0.25, -0.2) is 9.67 Å². The predicted octanol–water partition coefficient (Wildman–Crippen LogP) is 0.908. The van der Waals surface area contributed by atoms with Gasteiger partial charge in [0.25, 0.3) is 0 Å². The fraction of sp³-hybridized carbons (Fsp3) is 0.429. The molecule has 8 heteroatoms. The molecule has 1 saturated heterocycles. The Labute approximate surface area is 132 Å². The second kappa shape index (κ2) is 5.88. The third-order valence-electron chi connectivity index (χ3n) is 3.79. The highest BCUT2D eigenvalue weighted by molar-refractivity contribution is 7.14. The first-order chi connectivity index (χ1) is 10.6. The molecule has 1 fully saturated rings. The molecule has 3 heterocycles. The van der Waals surface area contributed by atoms with E-state index in [0.717, 1.165) is 10.0 Å². The number of thiazole rings is 1. The average molecular weight is 319 g/mol. The molecule has 1 aliphatic heterocycles. The second-order valence-corrected chi connectivity index (χ2v) is 6.41. The summed E-state index contributed by atoms with van der Waals surface area (Å²) in [4.78, 5) is 32.5. The van der Waals surface area contributed by atoms with Crippen LogP contribution in [0.4, 0.5) is 0 Å². The molecule has 2 aromatic rings. The summed E-state index contributed by atoms with van der Waals surface area (Å²) in [6.45, 7) is 0.482. The number of aromatic nitrogens is 3. The first-order valence-electron chi connectivity index (χ1n) is 7.01. The predicted molar refractivity (Wildman–Crippen MR) is 81.5 cm³/mol. The fourth-order valence-electron chi connectivity index (χ4n) is 2.52. The number of nitrogens with zero attached hydrogens (tertiary/aromatic N) is 5. The second-order valence-electron chi connectivity index (χ2n) is 5.31. The Bertz CT molecular complexity index is 681. The molecule has 3 rings (SSSR count). The van der Waals surface area contributed by atoms with Crippen molar-refractivity contribution in [1.29, 1.82) is 0 Å². The number of carbonyl (C=O) groups excluding carboxylic acids is 2. The standard InChI is InChI=1S/C14H17N5O2S/c1-17(13(21)11-4-5-12(20)18(11)2)9-10-8-15-14(22-10)19-7-3-6-16-19/h3,6-8,11H,4-5,9H2,1-2H3/t11-/m1/s1. The minimum Gasteiger partial charge on any atom is -0.339 e. The molecule has 0 spiro atoms. The molecular formula is C14H17N5O2S. The van der Waals surface area contributed by atoms with Crippen LogP contribution in [0.25, 0.3) is 5.13 Å². The van der Waals surface area contributed by atoms with E-state index in [1.54, 1.807) is 41.0 Å². The van der Waals surface area contributed by atoms with Gasteiger partial charge in [-0.1, -0.05) is 11.3 Å². The Morgan fingerprint density at radius 2 is 2.36 bits per heavy atom. The monoisotopic (exact) mass is 319 g/mol. The molecule has 0 saturated carbocycles. The Hall–Kier alpha value is -2.22. The summed E-state index contributed by atoms with van der Waals surface area (Å²) in [7, 11) is 3.44. The van der Waals surface area contributed by atoms with E-state index in [1.165, 1.54) is 11.3 Å². The van der Waals surface area contributed by atoms with Gasteiger partial charge in [0.05, 0.1) is 6.54 Å². The molecule has 0 unspecified atom stereocenters.